The van der Waals surface area contributed by atoms with Crippen LogP contribution in [0, 0.1) is 0 Å². The van der Waals surface area contributed by atoms with E-state index in [0.717, 1.165) is 0 Å². The van der Waals surface area contributed by atoms with E-state index in [1.54, 1.807) is 12.1 Å². The van der Waals surface area contributed by atoms with Crippen molar-refractivity contribution in [1.29, 1.82) is 0 Å². The van der Waals surface area contributed by atoms with Crippen LogP contribution in [-0.4, -0.2) is 48.5 Å². The molecule has 0 radical (unpaired) electrons. The summed E-state index contributed by atoms with van der Waals surface area (Å²) in [4.78, 5) is 31.4. The second-order valence-corrected chi connectivity index (χ2v) is 9.06. The van der Waals surface area contributed by atoms with Gasteiger partial charge in [-0.05, 0) is 46.3 Å². The minimum Gasteiger partial charge on any atom is -0.507 e. The molecule has 0 spiro atoms. The number of carbonyl (C=O) groups is 3. The molecule has 0 aromatic heterocycles. The monoisotopic (exact) mass is 736 g/mol. The highest BCUT2D eigenvalue weighted by Crippen LogP contribution is 2.38. The Morgan fingerprint density at radius 1 is 0.641 bits per heavy atom. The first-order valence-electron chi connectivity index (χ1n) is 8.71. The van der Waals surface area contributed by atoms with E-state index in [-0.39, 0.29) is 61.7 Å². The molecule has 0 aliphatic heterocycles. The van der Waals surface area contributed by atoms with Gasteiger partial charge in [0.15, 0.2) is 0 Å². The lowest BCUT2D eigenvalue weighted by Gasteiger charge is -2.05. The second kappa shape index (κ2) is 19.4. The fraction of sp³-hybridized carbons (Fsp3) is 0.160. The van der Waals surface area contributed by atoms with Crippen molar-refractivity contribution in [2.75, 3.05) is 0 Å². The van der Waals surface area contributed by atoms with E-state index in [9.17, 15) is 19.5 Å². The van der Waals surface area contributed by atoms with E-state index in [0.29, 0.717) is 8.95 Å². The van der Waals surface area contributed by atoms with Crippen LogP contribution in [0.5, 0.6) is 17.2 Å². The Morgan fingerprint density at radius 2 is 1.10 bits per heavy atom. The third-order valence-electron chi connectivity index (χ3n) is 3.75. The lowest BCUT2D eigenvalue weighted by molar-refractivity contribution is 0.0682. The van der Waals surface area contributed by atoms with Crippen LogP contribution >= 0.6 is 66.7 Å². The van der Waals surface area contributed by atoms with Crippen LogP contribution in [0.2, 0.25) is 15.1 Å². The topological polar surface area (TPSA) is 173 Å². The Labute approximate surface area is 258 Å². The maximum Gasteiger partial charge on any atom is 0.341 e. The molecule has 14 heteroatoms. The molecule has 218 valence electrons. The van der Waals surface area contributed by atoms with Crippen LogP contribution in [-0.2, 0) is 0 Å². The number of para-hydroxylation sites is 1. The SMILES string of the molecule is C.C.C.C.O=C(O)c1c(O)c(Cl)cc(Br)c1Cl.O=C(O)c1cc(Br)cc(Cl)c1O.O=C(O)c1ccccc1O. The summed E-state index contributed by atoms with van der Waals surface area (Å²) in [5, 5.41) is 52.8. The number of carboxylic acids is 3. The van der Waals surface area contributed by atoms with E-state index in [1.807, 2.05) is 0 Å². The summed E-state index contributed by atoms with van der Waals surface area (Å²) >= 11 is 22.7. The van der Waals surface area contributed by atoms with Crippen LogP contribution < -0.4 is 0 Å². The molecule has 6 N–H and O–H groups in total. The van der Waals surface area contributed by atoms with Gasteiger partial charge in [0.05, 0.1) is 15.1 Å². The van der Waals surface area contributed by atoms with Crippen LogP contribution in [0.4, 0.5) is 0 Å². The smallest absolute Gasteiger partial charge is 0.341 e. The Hall–Kier alpha value is -2.70. The zero-order chi connectivity index (χ0) is 27.0. The molecule has 0 heterocycles. The average molecular weight is 740 g/mol. The zero-order valence-corrected chi connectivity index (χ0v) is 22.3. The number of aromatic carboxylic acids is 3. The third-order valence-corrected chi connectivity index (χ3v) is 6.03. The molecule has 3 aromatic rings. The molecule has 0 fully saturated rings. The van der Waals surface area contributed by atoms with E-state index in [1.165, 1.54) is 30.3 Å². The van der Waals surface area contributed by atoms with Crippen LogP contribution in [0.3, 0.4) is 0 Å². The molecule has 39 heavy (non-hydrogen) atoms. The maximum atomic E-state index is 10.6. The largest absolute Gasteiger partial charge is 0.507 e. The van der Waals surface area contributed by atoms with Gasteiger partial charge in [-0.2, -0.15) is 0 Å². The molecule has 0 aliphatic rings. The summed E-state index contributed by atoms with van der Waals surface area (Å²) in [7, 11) is 0. The molecule has 3 aromatic carbocycles. The van der Waals surface area contributed by atoms with Gasteiger partial charge in [0.25, 0.3) is 0 Å². The van der Waals surface area contributed by atoms with Gasteiger partial charge < -0.3 is 30.6 Å². The minimum atomic E-state index is -1.33. The number of halogens is 5. The Morgan fingerprint density at radius 3 is 1.51 bits per heavy atom. The van der Waals surface area contributed by atoms with Crippen LogP contribution in [0.15, 0.2) is 51.4 Å². The summed E-state index contributed by atoms with van der Waals surface area (Å²) in [6, 6.07) is 9.84. The number of benzene rings is 3. The quantitative estimate of drug-likeness (QED) is 0.143. The summed E-state index contributed by atoms with van der Waals surface area (Å²) in [5.41, 5.74) is -0.682. The molecular formula is C25H29Br2Cl3O9. The van der Waals surface area contributed by atoms with Crippen molar-refractivity contribution in [2.45, 2.75) is 29.7 Å². The van der Waals surface area contributed by atoms with Crippen molar-refractivity contribution in [1.82, 2.24) is 0 Å². The second-order valence-electron chi connectivity index (χ2n) is 6.09. The molecular weight excluding hydrogens is 710 g/mol. The fourth-order valence-corrected chi connectivity index (χ4v) is 3.96. The first-order chi connectivity index (χ1) is 16.2. The standard InChI is InChI=1S/C7H3BrCl2O3.C7H4BrClO3.C7H6O3.4CH4/c8-2-1-3(9)6(11)4(5(2)10)7(12)13;8-3-1-4(7(11)12)6(10)5(9)2-3;8-6-4-2-1-3-5(6)7(9)10;;;;/h1,11H,(H,12,13);1-2,10H,(H,11,12);1-4,8H,(H,9,10);4*1H4. The Kier molecular flexibility index (Phi) is 21.5. The van der Waals surface area contributed by atoms with E-state index in [2.05, 4.69) is 31.9 Å². The fourth-order valence-electron chi connectivity index (χ4n) is 2.16. The molecule has 0 saturated heterocycles. The summed E-state index contributed by atoms with van der Waals surface area (Å²) < 4.78 is 0.845. The average Bonchev–Trinajstić information content (AvgIpc) is 2.75. The number of carboxylic acid groups (broad SMARTS) is 3. The zero-order valence-electron chi connectivity index (χ0n) is 16.8. The normalized spacial score (nSPS) is 8.74. The summed E-state index contributed by atoms with van der Waals surface area (Å²) in [5.74, 6) is -4.79. The molecule has 0 amide bonds. The van der Waals surface area contributed by atoms with Gasteiger partial charge in [0.2, 0.25) is 0 Å². The van der Waals surface area contributed by atoms with Gasteiger partial charge in [0, 0.05) is 8.95 Å². The Bertz CT molecular complexity index is 1260. The summed E-state index contributed by atoms with van der Waals surface area (Å²) in [6.45, 7) is 0. The molecule has 9 nitrogen and oxygen atoms in total. The van der Waals surface area contributed by atoms with Crippen molar-refractivity contribution < 1.29 is 45.0 Å². The van der Waals surface area contributed by atoms with Crippen molar-refractivity contribution >= 4 is 84.6 Å². The van der Waals surface area contributed by atoms with Crippen molar-refractivity contribution in [3.63, 3.8) is 0 Å². The van der Waals surface area contributed by atoms with E-state index in [4.69, 9.17) is 60.3 Å². The highest BCUT2D eigenvalue weighted by atomic mass is 79.9. The minimum absolute atomic E-state index is 0. The highest BCUT2D eigenvalue weighted by Gasteiger charge is 2.20. The van der Waals surface area contributed by atoms with Crippen LogP contribution in [0.25, 0.3) is 0 Å². The maximum absolute atomic E-state index is 10.6. The molecule has 0 aliphatic carbocycles. The number of hydrogen-bond acceptors (Lipinski definition) is 6. The summed E-state index contributed by atoms with van der Waals surface area (Å²) in [6.07, 6.45) is 0. The van der Waals surface area contributed by atoms with Crippen molar-refractivity contribution in [2.24, 2.45) is 0 Å². The number of hydrogen-bond donors (Lipinski definition) is 6. The van der Waals surface area contributed by atoms with Gasteiger partial charge in [-0.1, -0.05) is 92.6 Å². The van der Waals surface area contributed by atoms with E-state index >= 15 is 0 Å². The van der Waals surface area contributed by atoms with Crippen LogP contribution in [0.1, 0.15) is 60.8 Å². The van der Waals surface area contributed by atoms with Gasteiger partial charge in [-0.3, -0.25) is 0 Å². The molecule has 0 saturated carbocycles. The van der Waals surface area contributed by atoms with Crippen molar-refractivity contribution in [3.05, 3.63) is 83.2 Å². The predicted molar refractivity (Wildman–Crippen MR) is 163 cm³/mol. The molecule has 3 rings (SSSR count). The highest BCUT2D eigenvalue weighted by molar-refractivity contribution is 9.10. The van der Waals surface area contributed by atoms with Gasteiger partial charge in [-0.25, -0.2) is 14.4 Å². The first-order valence-corrected chi connectivity index (χ1v) is 11.4. The number of rotatable bonds is 3. The molecule has 0 unspecified atom stereocenters. The van der Waals surface area contributed by atoms with Gasteiger partial charge in [0.1, 0.15) is 33.9 Å². The third kappa shape index (κ3) is 12.3. The number of aromatic hydroxyl groups is 3. The molecule has 0 bridgehead atoms. The van der Waals surface area contributed by atoms with Crippen molar-refractivity contribution in [3.8, 4) is 17.2 Å². The first kappa shape index (κ1) is 43.4. The lowest BCUT2D eigenvalue weighted by atomic mass is 10.2. The van der Waals surface area contributed by atoms with E-state index < -0.39 is 35.0 Å². The Balaban J connectivity index is -0.000000226. The lowest BCUT2D eigenvalue weighted by Crippen LogP contribution is -1.98. The predicted octanol–water partition coefficient (Wildman–Crippen LogP) is 9.30. The number of phenols is 3. The van der Waals surface area contributed by atoms with Gasteiger partial charge in [-0.15, -0.1) is 0 Å². The molecule has 0 atom stereocenters. The van der Waals surface area contributed by atoms with Gasteiger partial charge >= 0.3 is 17.9 Å².